The van der Waals surface area contributed by atoms with Crippen molar-refractivity contribution >= 4 is 43.2 Å². The summed E-state index contributed by atoms with van der Waals surface area (Å²) in [6.45, 7) is -0.172. The number of rotatable bonds is 4. The molecule has 1 atom stereocenters. The standard InChI is InChI=1S/C14H17N3O4S2/c1-17-10-2-4-22-12(10)6-11(17)14(19)15-7-13(18)16-9-3-5-23(20,21)8-9/h2,4,6,9H,3,5,7-8H2,1H3,(H,15,19)(H,16,18). The maximum absolute atomic E-state index is 12.2. The fourth-order valence-electron chi connectivity index (χ4n) is 2.71. The van der Waals surface area contributed by atoms with Gasteiger partial charge in [-0.25, -0.2) is 8.42 Å². The molecule has 1 fully saturated rings. The Morgan fingerprint density at radius 1 is 1.43 bits per heavy atom. The molecule has 0 saturated carbocycles. The van der Waals surface area contributed by atoms with Crippen LogP contribution in [0.25, 0.3) is 10.2 Å². The van der Waals surface area contributed by atoms with E-state index in [4.69, 9.17) is 0 Å². The molecule has 2 aromatic heterocycles. The first-order valence-corrected chi connectivity index (χ1v) is 9.87. The number of hydrogen-bond donors (Lipinski definition) is 2. The fourth-order valence-corrected chi connectivity index (χ4v) is 5.23. The predicted octanol–water partition coefficient (Wildman–Crippen LogP) is 0.273. The van der Waals surface area contributed by atoms with Crippen LogP contribution in [0.5, 0.6) is 0 Å². The second-order valence-electron chi connectivity index (χ2n) is 5.61. The van der Waals surface area contributed by atoms with Crippen LogP contribution in [-0.2, 0) is 21.7 Å². The molecule has 1 aliphatic rings. The van der Waals surface area contributed by atoms with Crippen LogP contribution in [0.4, 0.5) is 0 Å². The van der Waals surface area contributed by atoms with Crippen molar-refractivity contribution in [2.75, 3.05) is 18.1 Å². The number of fused-ring (bicyclic) bond motifs is 1. The molecular formula is C14H17N3O4S2. The molecule has 2 aromatic rings. The minimum Gasteiger partial charge on any atom is -0.351 e. The van der Waals surface area contributed by atoms with Crippen molar-refractivity contribution in [2.24, 2.45) is 7.05 Å². The third-order valence-electron chi connectivity index (χ3n) is 3.90. The van der Waals surface area contributed by atoms with E-state index in [0.717, 1.165) is 10.2 Å². The molecule has 7 nitrogen and oxygen atoms in total. The summed E-state index contributed by atoms with van der Waals surface area (Å²) in [4.78, 5) is 24.0. The van der Waals surface area contributed by atoms with E-state index in [1.165, 1.54) is 0 Å². The van der Waals surface area contributed by atoms with Crippen LogP contribution in [0.1, 0.15) is 16.9 Å². The van der Waals surface area contributed by atoms with Crippen LogP contribution in [0.3, 0.4) is 0 Å². The van der Waals surface area contributed by atoms with E-state index in [-0.39, 0.29) is 35.9 Å². The molecule has 3 rings (SSSR count). The number of nitrogens with one attached hydrogen (secondary N) is 2. The van der Waals surface area contributed by atoms with Crippen LogP contribution < -0.4 is 10.6 Å². The van der Waals surface area contributed by atoms with Crippen LogP contribution in [0.15, 0.2) is 17.5 Å². The van der Waals surface area contributed by atoms with Gasteiger partial charge in [-0.2, -0.15) is 0 Å². The van der Waals surface area contributed by atoms with Gasteiger partial charge in [-0.05, 0) is 23.9 Å². The summed E-state index contributed by atoms with van der Waals surface area (Å²) >= 11 is 1.55. The monoisotopic (exact) mass is 355 g/mol. The average molecular weight is 355 g/mol. The number of nitrogens with zero attached hydrogens (tertiary/aromatic N) is 1. The van der Waals surface area contributed by atoms with E-state index in [1.54, 1.807) is 29.0 Å². The molecular weight excluding hydrogens is 338 g/mol. The number of aryl methyl sites for hydroxylation is 1. The Morgan fingerprint density at radius 3 is 2.87 bits per heavy atom. The Balaban J connectivity index is 1.55. The first-order valence-electron chi connectivity index (χ1n) is 7.16. The summed E-state index contributed by atoms with van der Waals surface area (Å²) < 4.78 is 25.5. The van der Waals surface area contributed by atoms with Crippen molar-refractivity contribution in [3.8, 4) is 0 Å². The van der Waals surface area contributed by atoms with Gasteiger partial charge in [0.15, 0.2) is 9.84 Å². The summed E-state index contributed by atoms with van der Waals surface area (Å²) in [6, 6.07) is 3.37. The van der Waals surface area contributed by atoms with Gasteiger partial charge in [0.25, 0.3) is 5.91 Å². The van der Waals surface area contributed by atoms with Crippen molar-refractivity contribution in [1.82, 2.24) is 15.2 Å². The minimum atomic E-state index is -3.03. The number of amides is 2. The Hall–Kier alpha value is -1.87. The third kappa shape index (κ3) is 3.40. The lowest BCUT2D eigenvalue weighted by atomic mass is 10.2. The van der Waals surface area contributed by atoms with Crippen molar-refractivity contribution in [3.05, 3.63) is 23.2 Å². The highest BCUT2D eigenvalue weighted by Crippen LogP contribution is 2.23. The van der Waals surface area contributed by atoms with E-state index in [0.29, 0.717) is 12.1 Å². The van der Waals surface area contributed by atoms with Gasteiger partial charge in [-0.3, -0.25) is 9.59 Å². The molecule has 1 unspecified atom stereocenters. The summed E-state index contributed by atoms with van der Waals surface area (Å²) in [5.41, 5.74) is 1.46. The topological polar surface area (TPSA) is 97.3 Å². The summed E-state index contributed by atoms with van der Waals surface area (Å²) in [5, 5.41) is 7.16. The van der Waals surface area contributed by atoms with Gasteiger partial charge in [0.2, 0.25) is 5.91 Å². The number of sulfone groups is 1. The van der Waals surface area contributed by atoms with Crippen LogP contribution in [-0.4, -0.2) is 48.9 Å². The van der Waals surface area contributed by atoms with Gasteiger partial charge in [0.1, 0.15) is 5.69 Å². The van der Waals surface area contributed by atoms with Crippen LogP contribution in [0.2, 0.25) is 0 Å². The third-order valence-corrected chi connectivity index (χ3v) is 6.52. The van der Waals surface area contributed by atoms with Gasteiger partial charge in [-0.1, -0.05) is 0 Å². The normalized spacial score (nSPS) is 19.8. The molecule has 0 radical (unpaired) electrons. The molecule has 0 bridgehead atoms. The summed E-state index contributed by atoms with van der Waals surface area (Å²) in [6.07, 6.45) is 0.427. The van der Waals surface area contributed by atoms with E-state index in [9.17, 15) is 18.0 Å². The number of hydrogen-bond acceptors (Lipinski definition) is 5. The number of carbonyl (C=O) groups is 2. The van der Waals surface area contributed by atoms with E-state index >= 15 is 0 Å². The molecule has 1 aliphatic heterocycles. The highest BCUT2D eigenvalue weighted by atomic mass is 32.2. The zero-order chi connectivity index (χ0) is 16.6. The number of aromatic nitrogens is 1. The van der Waals surface area contributed by atoms with Crippen molar-refractivity contribution in [3.63, 3.8) is 0 Å². The molecule has 0 aromatic carbocycles. The van der Waals surface area contributed by atoms with Crippen molar-refractivity contribution in [2.45, 2.75) is 12.5 Å². The Bertz CT molecular complexity index is 866. The van der Waals surface area contributed by atoms with E-state index in [1.807, 2.05) is 11.4 Å². The second-order valence-corrected chi connectivity index (χ2v) is 8.79. The average Bonchev–Trinajstić information content (AvgIpc) is 3.14. The fraction of sp³-hybridized carbons (Fsp3) is 0.429. The highest BCUT2D eigenvalue weighted by molar-refractivity contribution is 7.91. The molecule has 1 saturated heterocycles. The Morgan fingerprint density at radius 2 is 2.22 bits per heavy atom. The quantitative estimate of drug-likeness (QED) is 0.823. The molecule has 9 heteroatoms. The molecule has 0 spiro atoms. The highest BCUT2D eigenvalue weighted by Gasteiger charge is 2.28. The van der Waals surface area contributed by atoms with E-state index in [2.05, 4.69) is 10.6 Å². The molecule has 3 heterocycles. The summed E-state index contributed by atoms with van der Waals surface area (Å²) in [7, 11) is -1.23. The van der Waals surface area contributed by atoms with E-state index < -0.39 is 9.84 Å². The molecule has 124 valence electrons. The minimum absolute atomic E-state index is 0.0270. The molecule has 2 amide bonds. The summed E-state index contributed by atoms with van der Waals surface area (Å²) in [5.74, 6) is -0.632. The van der Waals surface area contributed by atoms with Gasteiger partial charge in [-0.15, -0.1) is 11.3 Å². The lowest BCUT2D eigenvalue weighted by molar-refractivity contribution is -0.120. The lowest BCUT2D eigenvalue weighted by Crippen LogP contribution is -2.42. The number of thiophene rings is 1. The Kier molecular flexibility index (Phi) is 4.15. The first kappa shape index (κ1) is 16.0. The smallest absolute Gasteiger partial charge is 0.268 e. The van der Waals surface area contributed by atoms with Crippen LogP contribution >= 0.6 is 11.3 Å². The maximum Gasteiger partial charge on any atom is 0.268 e. The lowest BCUT2D eigenvalue weighted by Gasteiger charge is -2.11. The SMILES string of the molecule is Cn1c(C(=O)NCC(=O)NC2CCS(=O)(=O)C2)cc2sccc21. The van der Waals surface area contributed by atoms with Crippen molar-refractivity contribution < 1.29 is 18.0 Å². The number of carbonyl (C=O) groups excluding carboxylic acids is 2. The zero-order valence-corrected chi connectivity index (χ0v) is 14.2. The second kappa shape index (κ2) is 5.97. The van der Waals surface area contributed by atoms with Gasteiger partial charge in [0, 0.05) is 13.1 Å². The van der Waals surface area contributed by atoms with Gasteiger partial charge < -0.3 is 15.2 Å². The first-order chi connectivity index (χ1) is 10.9. The van der Waals surface area contributed by atoms with Gasteiger partial charge in [0.05, 0.1) is 28.3 Å². The predicted molar refractivity (Wildman–Crippen MR) is 88.3 cm³/mol. The molecule has 23 heavy (non-hydrogen) atoms. The van der Waals surface area contributed by atoms with Gasteiger partial charge >= 0.3 is 0 Å². The molecule has 2 N–H and O–H groups in total. The largest absolute Gasteiger partial charge is 0.351 e. The Labute approximate surface area is 137 Å². The molecule has 0 aliphatic carbocycles. The van der Waals surface area contributed by atoms with Crippen LogP contribution in [0, 0.1) is 0 Å². The zero-order valence-electron chi connectivity index (χ0n) is 12.5. The maximum atomic E-state index is 12.2. The van der Waals surface area contributed by atoms with Crippen molar-refractivity contribution in [1.29, 1.82) is 0 Å².